The van der Waals surface area contributed by atoms with E-state index in [-0.39, 0.29) is 41.7 Å². The molecule has 1 aromatic carbocycles. The van der Waals surface area contributed by atoms with Gasteiger partial charge in [-0.25, -0.2) is 4.79 Å². The number of aliphatic hydroxyl groups is 1. The van der Waals surface area contributed by atoms with E-state index < -0.39 is 11.6 Å². The Bertz CT molecular complexity index is 1320. The fourth-order valence-electron chi connectivity index (χ4n) is 4.40. The molecule has 0 unspecified atom stereocenters. The Balaban J connectivity index is 1.90. The molecule has 0 fully saturated rings. The molecule has 0 saturated carbocycles. The summed E-state index contributed by atoms with van der Waals surface area (Å²) in [5.41, 5.74) is 0.527. The Morgan fingerprint density at radius 1 is 1.21 bits per heavy atom. The number of benzene rings is 1. The first-order valence-corrected chi connectivity index (χ1v) is 9.16. The van der Waals surface area contributed by atoms with E-state index in [0.717, 1.165) is 11.2 Å². The van der Waals surface area contributed by atoms with Gasteiger partial charge in [0.05, 0.1) is 34.6 Å². The molecule has 7 nitrogen and oxygen atoms in total. The number of hydrogen-bond acceptors (Lipinski definition) is 5. The Kier molecular flexibility index (Phi) is 3.28. The minimum absolute atomic E-state index is 0.0737. The van der Waals surface area contributed by atoms with Crippen LogP contribution in [-0.2, 0) is 35.3 Å². The molecule has 2 aromatic heterocycles. The van der Waals surface area contributed by atoms with Gasteiger partial charge in [-0.05, 0) is 24.6 Å². The lowest BCUT2D eigenvalue weighted by molar-refractivity contribution is -0.172. The third-order valence-electron chi connectivity index (χ3n) is 6.04. The second-order valence-corrected chi connectivity index (χ2v) is 7.33. The van der Waals surface area contributed by atoms with Gasteiger partial charge in [0.1, 0.15) is 6.61 Å². The number of fused-ring (bicyclic) bond motifs is 5. The fourth-order valence-corrected chi connectivity index (χ4v) is 4.40. The van der Waals surface area contributed by atoms with Crippen LogP contribution in [0.5, 0.6) is 0 Å². The van der Waals surface area contributed by atoms with Crippen LogP contribution >= 0.6 is 0 Å². The van der Waals surface area contributed by atoms with Crippen molar-refractivity contribution in [1.29, 1.82) is 0 Å². The molecule has 7 heteroatoms. The van der Waals surface area contributed by atoms with E-state index in [1.165, 1.54) is 4.57 Å². The summed E-state index contributed by atoms with van der Waals surface area (Å²) in [5.74, 6) is -0.767. The van der Waals surface area contributed by atoms with Crippen molar-refractivity contribution in [3.05, 3.63) is 67.7 Å². The van der Waals surface area contributed by atoms with Crippen LogP contribution in [-0.4, -0.2) is 20.2 Å². The molecule has 142 valence electrons. The maximum atomic E-state index is 13.2. The third-order valence-corrected chi connectivity index (χ3v) is 6.04. The van der Waals surface area contributed by atoms with Crippen molar-refractivity contribution >= 4 is 16.9 Å². The average molecular weight is 378 g/mol. The van der Waals surface area contributed by atoms with Gasteiger partial charge in [0.2, 0.25) is 0 Å². The lowest BCUT2D eigenvalue weighted by Crippen LogP contribution is -2.44. The van der Waals surface area contributed by atoms with Crippen LogP contribution < -0.4 is 11.0 Å². The van der Waals surface area contributed by atoms with Gasteiger partial charge in [-0.1, -0.05) is 19.1 Å². The molecule has 5 rings (SSSR count). The van der Waals surface area contributed by atoms with E-state index >= 15 is 0 Å². The zero-order chi connectivity index (χ0) is 19.8. The van der Waals surface area contributed by atoms with Gasteiger partial charge in [0.25, 0.3) is 5.56 Å². The number of aryl methyl sites for hydroxylation is 1. The molecule has 0 radical (unpaired) electrons. The highest BCUT2D eigenvalue weighted by Gasteiger charge is 2.45. The number of cyclic esters (lactones) is 1. The van der Waals surface area contributed by atoms with Gasteiger partial charge >= 0.3 is 5.97 Å². The first kappa shape index (κ1) is 16.9. The second kappa shape index (κ2) is 5.42. The first-order valence-electron chi connectivity index (χ1n) is 9.16. The molecular weight excluding hydrogens is 360 g/mol. The molecule has 2 aliphatic heterocycles. The van der Waals surface area contributed by atoms with Gasteiger partial charge < -0.3 is 19.0 Å². The summed E-state index contributed by atoms with van der Waals surface area (Å²) in [5, 5.41) is 11.5. The van der Waals surface area contributed by atoms with Crippen LogP contribution in [0.25, 0.3) is 22.2 Å². The summed E-state index contributed by atoms with van der Waals surface area (Å²) in [7, 11) is 1.87. The van der Waals surface area contributed by atoms with Crippen molar-refractivity contribution in [2.24, 2.45) is 7.05 Å². The normalized spacial score (nSPS) is 19.9. The van der Waals surface area contributed by atoms with Crippen LogP contribution in [0.3, 0.4) is 0 Å². The zero-order valence-corrected chi connectivity index (χ0v) is 15.5. The van der Waals surface area contributed by atoms with Crippen molar-refractivity contribution < 1.29 is 14.6 Å². The molecule has 0 amide bonds. The second-order valence-electron chi connectivity index (χ2n) is 7.33. The quantitative estimate of drug-likeness (QED) is 0.506. The number of nitrogens with zero attached hydrogens (tertiary/aromatic N) is 2. The molecule has 28 heavy (non-hydrogen) atoms. The van der Waals surface area contributed by atoms with Gasteiger partial charge in [-0.15, -0.1) is 0 Å². The van der Waals surface area contributed by atoms with Gasteiger partial charge in [-0.3, -0.25) is 9.59 Å². The standard InChI is InChI=1S/C21H18N2O5/c1-3-21(27)13-8-15-17-16(9-23(15)19(25)12(13)10-28-20(21)26)22(2)14-7-5-4-6-11(14)18(17)24/h4-8,27H,3,9-10H2,1-2H3/t21-/m1/s1. The van der Waals surface area contributed by atoms with Crippen LogP contribution in [0.1, 0.15) is 30.2 Å². The van der Waals surface area contributed by atoms with Crippen LogP contribution in [0, 0.1) is 0 Å². The molecule has 1 N–H and O–H groups in total. The minimum Gasteiger partial charge on any atom is -0.458 e. The number of para-hydroxylation sites is 1. The van der Waals surface area contributed by atoms with Crippen LogP contribution in [0.2, 0.25) is 0 Å². The predicted molar refractivity (Wildman–Crippen MR) is 102 cm³/mol. The van der Waals surface area contributed by atoms with Crippen molar-refractivity contribution in [3.63, 3.8) is 0 Å². The Morgan fingerprint density at radius 3 is 2.71 bits per heavy atom. The highest BCUT2D eigenvalue weighted by atomic mass is 16.6. The summed E-state index contributed by atoms with van der Waals surface area (Å²) in [6.07, 6.45) is 0.0737. The SMILES string of the molecule is CC[C@]1(O)C(=O)OCc2c1cc1n(c2=O)Cc2c-1c(=O)c1ccccc1n2C. The summed E-state index contributed by atoms with van der Waals surface area (Å²) in [4.78, 5) is 38.6. The highest BCUT2D eigenvalue weighted by molar-refractivity contribution is 5.87. The Labute approximate surface area is 159 Å². The molecular formula is C21H18N2O5. The van der Waals surface area contributed by atoms with E-state index in [4.69, 9.17) is 4.74 Å². The van der Waals surface area contributed by atoms with Crippen molar-refractivity contribution in [1.82, 2.24) is 9.13 Å². The first-order chi connectivity index (χ1) is 13.4. The lowest BCUT2D eigenvalue weighted by Gasteiger charge is -2.31. The van der Waals surface area contributed by atoms with E-state index in [2.05, 4.69) is 0 Å². The monoisotopic (exact) mass is 378 g/mol. The number of ether oxygens (including phenoxy) is 1. The van der Waals surface area contributed by atoms with Gasteiger partial charge in [0, 0.05) is 18.0 Å². The number of esters is 1. The van der Waals surface area contributed by atoms with E-state index in [1.54, 1.807) is 25.1 Å². The topological polar surface area (TPSA) is 90.5 Å². The highest BCUT2D eigenvalue weighted by Crippen LogP contribution is 2.37. The van der Waals surface area contributed by atoms with E-state index in [1.807, 2.05) is 23.7 Å². The molecule has 0 bridgehead atoms. The maximum absolute atomic E-state index is 13.2. The van der Waals surface area contributed by atoms with Crippen LogP contribution in [0.15, 0.2) is 39.9 Å². The van der Waals surface area contributed by atoms with Crippen molar-refractivity contribution in [3.8, 4) is 11.3 Å². The van der Waals surface area contributed by atoms with Crippen molar-refractivity contribution in [2.45, 2.75) is 32.1 Å². The fraction of sp³-hybridized carbons (Fsp3) is 0.286. The Hall–Kier alpha value is -3.19. The van der Waals surface area contributed by atoms with Gasteiger partial charge in [0.15, 0.2) is 11.0 Å². The molecule has 4 heterocycles. The number of pyridine rings is 2. The summed E-state index contributed by atoms with van der Waals surface area (Å²) in [6, 6.07) is 8.91. The average Bonchev–Trinajstić information content (AvgIpc) is 3.10. The number of hydrogen-bond donors (Lipinski definition) is 1. The lowest BCUT2D eigenvalue weighted by atomic mass is 9.86. The zero-order valence-electron chi connectivity index (χ0n) is 15.5. The predicted octanol–water partition coefficient (Wildman–Crippen LogP) is 1.38. The third kappa shape index (κ3) is 1.89. The summed E-state index contributed by atoms with van der Waals surface area (Å²) in [6.45, 7) is 1.73. The number of carbonyl (C=O) groups excluding carboxylic acids is 1. The molecule has 0 spiro atoms. The van der Waals surface area contributed by atoms with Gasteiger partial charge in [-0.2, -0.15) is 0 Å². The molecule has 0 saturated heterocycles. The molecule has 1 atom stereocenters. The van der Waals surface area contributed by atoms with E-state index in [9.17, 15) is 19.5 Å². The number of aromatic nitrogens is 2. The molecule has 3 aromatic rings. The maximum Gasteiger partial charge on any atom is 0.343 e. The smallest absolute Gasteiger partial charge is 0.343 e. The van der Waals surface area contributed by atoms with Crippen LogP contribution in [0.4, 0.5) is 0 Å². The minimum atomic E-state index is -1.88. The van der Waals surface area contributed by atoms with Crippen molar-refractivity contribution in [2.75, 3.05) is 0 Å². The molecule has 0 aliphatic carbocycles. The summed E-state index contributed by atoms with van der Waals surface area (Å²) < 4.78 is 8.52. The molecule has 2 aliphatic rings. The number of rotatable bonds is 1. The summed E-state index contributed by atoms with van der Waals surface area (Å²) >= 11 is 0. The Morgan fingerprint density at radius 2 is 1.96 bits per heavy atom. The largest absolute Gasteiger partial charge is 0.458 e. The van der Waals surface area contributed by atoms with E-state index in [0.29, 0.717) is 16.6 Å². The number of carbonyl (C=O) groups is 1.